The third-order valence-electron chi connectivity index (χ3n) is 2.72. The first-order valence-corrected chi connectivity index (χ1v) is 5.47. The van der Waals surface area contributed by atoms with Gasteiger partial charge in [0.05, 0.1) is 4.92 Å². The lowest BCUT2D eigenvalue weighted by Gasteiger charge is -2.12. The molecule has 1 aliphatic rings. The maximum absolute atomic E-state index is 13.0. The Morgan fingerprint density at radius 2 is 2.41 bits per heavy atom. The lowest BCUT2D eigenvalue weighted by atomic mass is 10.2. The van der Waals surface area contributed by atoms with Crippen LogP contribution in [-0.2, 0) is 0 Å². The summed E-state index contributed by atoms with van der Waals surface area (Å²) in [6, 6.07) is 3.41. The molecule has 1 aromatic carbocycles. The van der Waals surface area contributed by atoms with Gasteiger partial charge in [0.15, 0.2) is 5.75 Å². The van der Waals surface area contributed by atoms with Gasteiger partial charge in [0.1, 0.15) is 12.4 Å². The monoisotopic (exact) mass is 240 g/mol. The number of halogens is 1. The zero-order valence-corrected chi connectivity index (χ0v) is 9.19. The summed E-state index contributed by atoms with van der Waals surface area (Å²) in [5, 5.41) is 13.9. The van der Waals surface area contributed by atoms with Crippen molar-refractivity contribution in [3.63, 3.8) is 0 Å². The quantitative estimate of drug-likeness (QED) is 0.644. The molecule has 92 valence electrons. The third kappa shape index (κ3) is 2.91. The van der Waals surface area contributed by atoms with E-state index in [9.17, 15) is 14.5 Å². The van der Waals surface area contributed by atoms with Gasteiger partial charge in [-0.15, -0.1) is 0 Å². The van der Waals surface area contributed by atoms with Gasteiger partial charge in [0.2, 0.25) is 0 Å². The van der Waals surface area contributed by atoms with Crippen LogP contribution < -0.4 is 10.1 Å². The molecule has 0 saturated carbocycles. The molecule has 1 fully saturated rings. The number of nitrogens with zero attached hydrogens (tertiary/aromatic N) is 1. The topological polar surface area (TPSA) is 64.4 Å². The minimum atomic E-state index is -0.573. The van der Waals surface area contributed by atoms with E-state index in [0.717, 1.165) is 37.6 Å². The van der Waals surface area contributed by atoms with Crippen molar-refractivity contribution in [1.29, 1.82) is 0 Å². The molecule has 0 radical (unpaired) electrons. The Kier molecular flexibility index (Phi) is 3.53. The maximum Gasteiger partial charge on any atom is 0.311 e. The maximum atomic E-state index is 13.0. The number of rotatable bonds is 4. The number of nitrogens with one attached hydrogen (secondary N) is 1. The van der Waals surface area contributed by atoms with Gasteiger partial charge in [-0.05, 0) is 25.5 Å². The smallest absolute Gasteiger partial charge is 0.311 e. The molecule has 0 aromatic heterocycles. The van der Waals surface area contributed by atoms with Crippen LogP contribution in [0.15, 0.2) is 18.2 Å². The van der Waals surface area contributed by atoms with E-state index >= 15 is 0 Å². The molecule has 1 saturated heterocycles. The first kappa shape index (κ1) is 11.8. The van der Waals surface area contributed by atoms with Crippen molar-refractivity contribution in [2.75, 3.05) is 13.2 Å². The normalized spacial score (nSPS) is 19.2. The average molecular weight is 240 g/mol. The van der Waals surface area contributed by atoms with Crippen LogP contribution in [0, 0.1) is 15.9 Å². The van der Waals surface area contributed by atoms with Crippen LogP contribution in [0.2, 0.25) is 0 Å². The average Bonchev–Trinajstić information content (AvgIpc) is 2.78. The summed E-state index contributed by atoms with van der Waals surface area (Å²) in [6.45, 7) is 1.25. The summed E-state index contributed by atoms with van der Waals surface area (Å²) in [4.78, 5) is 10.1. The number of benzene rings is 1. The highest BCUT2D eigenvalue weighted by atomic mass is 19.1. The highest BCUT2D eigenvalue weighted by Gasteiger charge is 2.19. The molecule has 1 atom stereocenters. The van der Waals surface area contributed by atoms with E-state index in [1.165, 1.54) is 0 Å². The molecule has 1 heterocycles. The first-order valence-electron chi connectivity index (χ1n) is 5.47. The predicted molar refractivity (Wildman–Crippen MR) is 59.6 cm³/mol. The Bertz CT molecular complexity index is 419. The molecule has 6 heteroatoms. The molecule has 5 nitrogen and oxygen atoms in total. The molecule has 2 rings (SSSR count). The zero-order chi connectivity index (χ0) is 12.3. The highest BCUT2D eigenvalue weighted by Crippen LogP contribution is 2.27. The van der Waals surface area contributed by atoms with Crippen LogP contribution in [0.5, 0.6) is 5.75 Å². The SMILES string of the molecule is O=[N+]([O-])c1ccc(F)cc1OC[C@H]1CCCN1. The van der Waals surface area contributed by atoms with Crippen molar-refractivity contribution in [3.8, 4) is 5.75 Å². The predicted octanol–water partition coefficient (Wildman–Crippen LogP) is 1.86. The van der Waals surface area contributed by atoms with Crippen LogP contribution >= 0.6 is 0 Å². The molecule has 1 aliphatic heterocycles. The van der Waals surface area contributed by atoms with Crippen LogP contribution in [0.25, 0.3) is 0 Å². The molecule has 0 bridgehead atoms. The molecular formula is C11H13FN2O3. The van der Waals surface area contributed by atoms with E-state index in [4.69, 9.17) is 4.74 Å². The summed E-state index contributed by atoms with van der Waals surface area (Å²) < 4.78 is 18.3. The van der Waals surface area contributed by atoms with Crippen molar-refractivity contribution in [2.45, 2.75) is 18.9 Å². The van der Waals surface area contributed by atoms with Gasteiger partial charge in [0, 0.05) is 18.2 Å². The fraction of sp³-hybridized carbons (Fsp3) is 0.455. The van der Waals surface area contributed by atoms with Gasteiger partial charge in [-0.3, -0.25) is 10.1 Å². The van der Waals surface area contributed by atoms with E-state index in [-0.39, 0.29) is 17.5 Å². The number of ether oxygens (including phenoxy) is 1. The number of hydrogen-bond acceptors (Lipinski definition) is 4. The number of nitro benzene ring substituents is 1. The minimum Gasteiger partial charge on any atom is -0.485 e. The Labute approximate surface area is 97.7 Å². The van der Waals surface area contributed by atoms with Crippen LogP contribution in [0.1, 0.15) is 12.8 Å². The Morgan fingerprint density at radius 1 is 1.59 bits per heavy atom. The molecule has 1 N–H and O–H groups in total. The highest BCUT2D eigenvalue weighted by molar-refractivity contribution is 5.46. The molecule has 17 heavy (non-hydrogen) atoms. The van der Waals surface area contributed by atoms with Gasteiger partial charge in [0.25, 0.3) is 0 Å². The van der Waals surface area contributed by atoms with Gasteiger partial charge >= 0.3 is 5.69 Å². The summed E-state index contributed by atoms with van der Waals surface area (Å²) in [7, 11) is 0. The second-order valence-corrected chi connectivity index (χ2v) is 3.97. The molecule has 1 aromatic rings. The first-order chi connectivity index (χ1) is 8.16. The summed E-state index contributed by atoms with van der Waals surface area (Å²) in [5.41, 5.74) is -0.204. The molecule has 0 unspecified atom stereocenters. The van der Waals surface area contributed by atoms with Gasteiger partial charge in [-0.2, -0.15) is 0 Å². The minimum absolute atomic E-state index is 0.0105. The van der Waals surface area contributed by atoms with Crippen molar-refractivity contribution in [2.24, 2.45) is 0 Å². The van der Waals surface area contributed by atoms with Crippen LogP contribution in [0.4, 0.5) is 10.1 Å². The summed E-state index contributed by atoms with van der Waals surface area (Å²) in [5.74, 6) is -0.548. The lowest BCUT2D eigenvalue weighted by Crippen LogP contribution is -2.28. The summed E-state index contributed by atoms with van der Waals surface area (Å²) >= 11 is 0. The Hall–Kier alpha value is -1.69. The van der Waals surface area contributed by atoms with Crippen molar-refractivity contribution < 1.29 is 14.1 Å². The Morgan fingerprint density at radius 3 is 3.06 bits per heavy atom. The number of hydrogen-bond donors (Lipinski definition) is 1. The molecule has 0 aliphatic carbocycles. The van der Waals surface area contributed by atoms with Gasteiger partial charge in [-0.25, -0.2) is 4.39 Å². The standard InChI is InChI=1S/C11H13FN2O3/c12-8-3-4-10(14(15)16)11(6-8)17-7-9-2-1-5-13-9/h3-4,6,9,13H,1-2,5,7H2/t9-/m1/s1. The zero-order valence-electron chi connectivity index (χ0n) is 9.19. The molecule has 0 amide bonds. The van der Waals surface area contributed by atoms with E-state index in [1.807, 2.05) is 0 Å². The fourth-order valence-corrected chi connectivity index (χ4v) is 1.84. The van der Waals surface area contributed by atoms with E-state index in [0.29, 0.717) is 6.61 Å². The van der Waals surface area contributed by atoms with Crippen molar-refractivity contribution >= 4 is 5.69 Å². The Balaban J connectivity index is 2.07. The number of nitro groups is 1. The third-order valence-corrected chi connectivity index (χ3v) is 2.72. The summed E-state index contributed by atoms with van der Waals surface area (Å²) in [6.07, 6.45) is 2.04. The van der Waals surface area contributed by atoms with E-state index in [1.54, 1.807) is 0 Å². The van der Waals surface area contributed by atoms with Gasteiger partial charge < -0.3 is 10.1 Å². The van der Waals surface area contributed by atoms with Crippen LogP contribution in [-0.4, -0.2) is 24.1 Å². The fourth-order valence-electron chi connectivity index (χ4n) is 1.84. The van der Waals surface area contributed by atoms with Gasteiger partial charge in [-0.1, -0.05) is 0 Å². The van der Waals surface area contributed by atoms with E-state index < -0.39 is 10.7 Å². The van der Waals surface area contributed by atoms with Crippen LogP contribution in [0.3, 0.4) is 0 Å². The second-order valence-electron chi connectivity index (χ2n) is 3.97. The van der Waals surface area contributed by atoms with E-state index in [2.05, 4.69) is 5.32 Å². The largest absolute Gasteiger partial charge is 0.485 e. The van der Waals surface area contributed by atoms with Crippen molar-refractivity contribution in [1.82, 2.24) is 5.32 Å². The molecule has 0 spiro atoms. The second kappa shape index (κ2) is 5.09. The molecular weight excluding hydrogens is 227 g/mol. The lowest BCUT2D eigenvalue weighted by molar-refractivity contribution is -0.385. The van der Waals surface area contributed by atoms with Crippen molar-refractivity contribution in [3.05, 3.63) is 34.1 Å².